The van der Waals surface area contributed by atoms with Gasteiger partial charge in [0, 0.05) is 11.8 Å². The first-order chi connectivity index (χ1) is 9.13. The zero-order valence-electron chi connectivity index (χ0n) is 10.1. The van der Waals surface area contributed by atoms with E-state index in [4.69, 9.17) is 10.5 Å². The van der Waals surface area contributed by atoms with E-state index in [2.05, 4.69) is 15.3 Å². The van der Waals surface area contributed by atoms with E-state index in [0.717, 1.165) is 10.1 Å². The Morgan fingerprint density at radius 1 is 1.32 bits per heavy atom. The highest BCUT2D eigenvalue weighted by Gasteiger charge is 2.06. The lowest BCUT2D eigenvalue weighted by Gasteiger charge is -2.07. The number of ether oxygens (including phenoxy) is 1. The van der Waals surface area contributed by atoms with Crippen LogP contribution in [0.25, 0.3) is 5.65 Å². The minimum Gasteiger partial charge on any atom is -0.437 e. The molecule has 3 aromatic rings. The SMILES string of the molecule is Cc1cc(N)ccc1Oc1ccc2n[nH]c(=O)n2n1. The lowest BCUT2D eigenvalue weighted by atomic mass is 10.2. The van der Waals surface area contributed by atoms with Crippen molar-refractivity contribution in [3.8, 4) is 11.6 Å². The van der Waals surface area contributed by atoms with Gasteiger partial charge in [0.15, 0.2) is 5.65 Å². The molecule has 19 heavy (non-hydrogen) atoms. The molecule has 0 aliphatic carbocycles. The van der Waals surface area contributed by atoms with Crippen molar-refractivity contribution < 1.29 is 4.74 Å². The minimum absolute atomic E-state index is 0.309. The van der Waals surface area contributed by atoms with E-state index in [1.165, 1.54) is 0 Å². The normalized spacial score (nSPS) is 10.8. The van der Waals surface area contributed by atoms with Gasteiger partial charge in [0.25, 0.3) is 0 Å². The van der Waals surface area contributed by atoms with Gasteiger partial charge in [-0.05, 0) is 36.8 Å². The maximum atomic E-state index is 11.4. The number of anilines is 1. The molecule has 0 spiro atoms. The number of hydrogen-bond donors (Lipinski definition) is 2. The number of nitrogen functional groups attached to an aromatic ring is 1. The van der Waals surface area contributed by atoms with Gasteiger partial charge in [0.1, 0.15) is 5.75 Å². The van der Waals surface area contributed by atoms with E-state index in [9.17, 15) is 4.79 Å². The van der Waals surface area contributed by atoms with Crippen LogP contribution in [-0.4, -0.2) is 19.8 Å². The van der Waals surface area contributed by atoms with Crippen LogP contribution in [0.5, 0.6) is 11.6 Å². The summed E-state index contributed by atoms with van der Waals surface area (Å²) in [5.41, 5.74) is 7.26. The molecule has 0 aliphatic heterocycles. The standard InChI is InChI=1S/C12H11N5O2/c1-7-6-8(13)2-3-9(7)19-11-5-4-10-14-15-12(18)17(10)16-11/h2-6H,13H2,1H3,(H,15,18). The summed E-state index contributed by atoms with van der Waals surface area (Å²) in [5.74, 6) is 0.946. The Labute approximate surface area is 107 Å². The number of H-pyrrole nitrogens is 1. The number of aryl methyl sites for hydroxylation is 1. The molecular weight excluding hydrogens is 246 g/mol. The van der Waals surface area contributed by atoms with Crippen LogP contribution in [0.1, 0.15) is 5.56 Å². The lowest BCUT2D eigenvalue weighted by Crippen LogP contribution is -2.12. The number of benzene rings is 1. The Kier molecular flexibility index (Phi) is 2.45. The van der Waals surface area contributed by atoms with Gasteiger partial charge in [0.2, 0.25) is 5.88 Å². The van der Waals surface area contributed by atoms with E-state index >= 15 is 0 Å². The molecule has 2 aromatic heterocycles. The zero-order chi connectivity index (χ0) is 13.4. The van der Waals surface area contributed by atoms with Crippen molar-refractivity contribution in [3.63, 3.8) is 0 Å². The van der Waals surface area contributed by atoms with Crippen molar-refractivity contribution in [3.05, 3.63) is 46.4 Å². The van der Waals surface area contributed by atoms with E-state index in [1.54, 1.807) is 30.3 Å². The molecule has 3 rings (SSSR count). The van der Waals surface area contributed by atoms with E-state index < -0.39 is 5.69 Å². The second-order valence-corrected chi connectivity index (χ2v) is 4.10. The first kappa shape index (κ1) is 11.3. The number of rotatable bonds is 2. The molecule has 0 aliphatic rings. The minimum atomic E-state index is -0.408. The molecule has 0 saturated heterocycles. The summed E-state index contributed by atoms with van der Waals surface area (Å²) in [6, 6.07) is 8.59. The van der Waals surface area contributed by atoms with Crippen molar-refractivity contribution in [1.82, 2.24) is 19.8 Å². The van der Waals surface area contributed by atoms with Crippen molar-refractivity contribution in [2.45, 2.75) is 6.92 Å². The van der Waals surface area contributed by atoms with Crippen molar-refractivity contribution in [1.29, 1.82) is 0 Å². The van der Waals surface area contributed by atoms with Crippen LogP contribution < -0.4 is 16.2 Å². The smallest absolute Gasteiger partial charge is 0.364 e. The van der Waals surface area contributed by atoms with Crippen molar-refractivity contribution >= 4 is 11.3 Å². The Bertz CT molecular complexity index is 805. The molecule has 3 N–H and O–H groups in total. The number of nitrogens with zero attached hydrogens (tertiary/aromatic N) is 3. The number of aromatic amines is 1. The van der Waals surface area contributed by atoms with Crippen LogP contribution in [0.4, 0.5) is 5.69 Å². The zero-order valence-corrected chi connectivity index (χ0v) is 10.1. The fourth-order valence-electron chi connectivity index (χ4n) is 1.74. The molecule has 7 heteroatoms. The molecule has 0 fully saturated rings. The third-order valence-electron chi connectivity index (χ3n) is 2.66. The van der Waals surface area contributed by atoms with Crippen LogP contribution in [-0.2, 0) is 0 Å². The fraction of sp³-hybridized carbons (Fsp3) is 0.0833. The molecule has 0 amide bonds. The summed E-state index contributed by atoms with van der Waals surface area (Å²) in [7, 11) is 0. The van der Waals surface area contributed by atoms with Gasteiger partial charge in [-0.1, -0.05) is 0 Å². The van der Waals surface area contributed by atoms with Gasteiger partial charge < -0.3 is 10.5 Å². The highest BCUT2D eigenvalue weighted by molar-refractivity contribution is 5.48. The van der Waals surface area contributed by atoms with Crippen LogP contribution in [0, 0.1) is 6.92 Å². The molecule has 0 radical (unpaired) electrons. The first-order valence-electron chi connectivity index (χ1n) is 5.62. The molecule has 7 nitrogen and oxygen atoms in total. The second kappa shape index (κ2) is 4.13. The summed E-state index contributed by atoms with van der Waals surface area (Å²) in [5, 5.41) is 10.1. The predicted molar refractivity (Wildman–Crippen MR) is 69.3 cm³/mol. The molecule has 0 atom stereocenters. The summed E-state index contributed by atoms with van der Waals surface area (Å²) in [6.45, 7) is 1.88. The average molecular weight is 257 g/mol. The summed E-state index contributed by atoms with van der Waals surface area (Å²) >= 11 is 0. The van der Waals surface area contributed by atoms with Crippen LogP contribution >= 0.6 is 0 Å². The molecule has 1 aromatic carbocycles. The quantitative estimate of drug-likeness (QED) is 0.670. The highest BCUT2D eigenvalue weighted by atomic mass is 16.5. The number of nitrogens with one attached hydrogen (secondary N) is 1. The monoisotopic (exact) mass is 257 g/mol. The Morgan fingerprint density at radius 2 is 2.16 bits per heavy atom. The highest BCUT2D eigenvalue weighted by Crippen LogP contribution is 2.24. The van der Waals surface area contributed by atoms with Gasteiger partial charge in [0.05, 0.1) is 0 Å². The summed E-state index contributed by atoms with van der Waals surface area (Å²) in [6.07, 6.45) is 0. The lowest BCUT2D eigenvalue weighted by molar-refractivity contribution is 0.448. The first-order valence-corrected chi connectivity index (χ1v) is 5.62. The molecule has 2 heterocycles. The Balaban J connectivity index is 2.00. The molecular formula is C12H11N5O2. The molecule has 96 valence electrons. The largest absolute Gasteiger partial charge is 0.437 e. The van der Waals surface area contributed by atoms with Gasteiger partial charge in [-0.25, -0.2) is 9.89 Å². The van der Waals surface area contributed by atoms with E-state index in [-0.39, 0.29) is 0 Å². The maximum absolute atomic E-state index is 11.4. The van der Waals surface area contributed by atoms with Crippen molar-refractivity contribution in [2.75, 3.05) is 5.73 Å². The molecule has 0 bridgehead atoms. The Morgan fingerprint density at radius 3 is 2.95 bits per heavy atom. The van der Waals surface area contributed by atoms with Gasteiger partial charge >= 0.3 is 5.69 Å². The van der Waals surface area contributed by atoms with Crippen LogP contribution in [0.15, 0.2) is 35.1 Å². The van der Waals surface area contributed by atoms with Crippen molar-refractivity contribution in [2.24, 2.45) is 0 Å². The van der Waals surface area contributed by atoms with E-state index in [1.807, 2.05) is 6.92 Å². The third-order valence-corrected chi connectivity index (χ3v) is 2.66. The topological polar surface area (TPSA) is 98.3 Å². The summed E-state index contributed by atoms with van der Waals surface area (Å²) in [4.78, 5) is 11.4. The van der Waals surface area contributed by atoms with E-state index in [0.29, 0.717) is 23.0 Å². The number of fused-ring (bicyclic) bond motifs is 1. The number of hydrogen-bond acceptors (Lipinski definition) is 5. The number of aromatic nitrogens is 4. The summed E-state index contributed by atoms with van der Waals surface area (Å²) < 4.78 is 6.77. The average Bonchev–Trinajstić information content (AvgIpc) is 2.75. The van der Waals surface area contributed by atoms with Crippen LogP contribution in [0.3, 0.4) is 0 Å². The predicted octanol–water partition coefficient (Wildman–Crippen LogP) is 1.10. The molecule has 0 unspecified atom stereocenters. The van der Waals surface area contributed by atoms with Gasteiger partial charge in [-0.2, -0.15) is 9.61 Å². The fourth-order valence-corrected chi connectivity index (χ4v) is 1.74. The van der Waals surface area contributed by atoms with Gasteiger partial charge in [-0.3, -0.25) is 0 Å². The number of nitrogens with two attached hydrogens (primary N) is 1. The third kappa shape index (κ3) is 2.01. The maximum Gasteiger partial charge on any atom is 0.364 e. The second-order valence-electron chi connectivity index (χ2n) is 4.10. The Hall–Kier alpha value is -2.83. The molecule has 0 saturated carbocycles. The van der Waals surface area contributed by atoms with Gasteiger partial charge in [-0.15, -0.1) is 5.10 Å². The van der Waals surface area contributed by atoms with Crippen LogP contribution in [0.2, 0.25) is 0 Å².